The molecule has 1 aromatic carbocycles. The molecule has 2 heterocycles. The number of nitrogens with one attached hydrogen (secondary N) is 2. The first-order valence-electron chi connectivity index (χ1n) is 8.66. The summed E-state index contributed by atoms with van der Waals surface area (Å²) in [7, 11) is 1.85. The molecular weight excluding hydrogens is 322 g/mol. The second-order valence-corrected chi connectivity index (χ2v) is 6.33. The molecule has 3 rings (SSSR count). The Morgan fingerprint density at radius 2 is 2.04 bits per heavy atom. The van der Waals surface area contributed by atoms with Gasteiger partial charge in [0, 0.05) is 18.7 Å². The molecule has 0 aliphatic carbocycles. The molecule has 0 spiro atoms. The Hall–Kier alpha value is -2.25. The Morgan fingerprint density at radius 1 is 1.24 bits per heavy atom. The van der Waals surface area contributed by atoms with Crippen LogP contribution in [0.5, 0.6) is 0 Å². The molecule has 1 unspecified atom stereocenters. The SMILES string of the molecule is CNCCCNC(=O)c1ccc2c(c1)C(=O)N(CC1CCCO1)C2=O. The molecule has 1 fully saturated rings. The summed E-state index contributed by atoms with van der Waals surface area (Å²) >= 11 is 0. The van der Waals surface area contributed by atoms with Crippen LogP contribution in [-0.4, -0.2) is 62.0 Å². The van der Waals surface area contributed by atoms with Crippen LogP contribution in [0.1, 0.15) is 50.3 Å². The number of nitrogens with zero attached hydrogens (tertiary/aromatic N) is 1. The van der Waals surface area contributed by atoms with Crippen LogP contribution >= 0.6 is 0 Å². The molecule has 1 aromatic rings. The van der Waals surface area contributed by atoms with E-state index in [1.165, 1.54) is 11.0 Å². The van der Waals surface area contributed by atoms with E-state index < -0.39 is 0 Å². The lowest BCUT2D eigenvalue weighted by atomic mass is 10.1. The van der Waals surface area contributed by atoms with Crippen molar-refractivity contribution < 1.29 is 19.1 Å². The molecular formula is C18H23N3O4. The van der Waals surface area contributed by atoms with Crippen LogP contribution < -0.4 is 10.6 Å². The van der Waals surface area contributed by atoms with Gasteiger partial charge in [-0.1, -0.05) is 0 Å². The number of hydrogen-bond acceptors (Lipinski definition) is 5. The fourth-order valence-corrected chi connectivity index (χ4v) is 3.16. The summed E-state index contributed by atoms with van der Waals surface area (Å²) in [5, 5.41) is 5.82. The van der Waals surface area contributed by atoms with Gasteiger partial charge in [-0.15, -0.1) is 0 Å². The van der Waals surface area contributed by atoms with Crippen LogP contribution in [0.25, 0.3) is 0 Å². The van der Waals surface area contributed by atoms with Crippen molar-refractivity contribution in [3.63, 3.8) is 0 Å². The van der Waals surface area contributed by atoms with E-state index in [1.807, 2.05) is 7.05 Å². The molecule has 2 N–H and O–H groups in total. The van der Waals surface area contributed by atoms with E-state index >= 15 is 0 Å². The van der Waals surface area contributed by atoms with E-state index in [4.69, 9.17) is 4.74 Å². The normalized spacial score (nSPS) is 19.4. The van der Waals surface area contributed by atoms with Gasteiger partial charge in [0.1, 0.15) is 0 Å². The van der Waals surface area contributed by atoms with E-state index in [1.54, 1.807) is 12.1 Å². The van der Waals surface area contributed by atoms with Gasteiger partial charge < -0.3 is 15.4 Å². The number of carbonyl (C=O) groups excluding carboxylic acids is 3. The third-order valence-electron chi connectivity index (χ3n) is 4.53. The van der Waals surface area contributed by atoms with Crippen molar-refractivity contribution in [2.75, 3.05) is 33.3 Å². The Labute approximate surface area is 146 Å². The van der Waals surface area contributed by atoms with Gasteiger partial charge in [0.2, 0.25) is 0 Å². The predicted octanol–water partition coefficient (Wildman–Crippen LogP) is 0.801. The van der Waals surface area contributed by atoms with E-state index in [0.717, 1.165) is 25.8 Å². The number of amides is 3. The average molecular weight is 345 g/mol. The van der Waals surface area contributed by atoms with Crippen LogP contribution in [0.2, 0.25) is 0 Å². The van der Waals surface area contributed by atoms with E-state index in [2.05, 4.69) is 10.6 Å². The minimum Gasteiger partial charge on any atom is -0.376 e. The summed E-state index contributed by atoms with van der Waals surface area (Å²) in [4.78, 5) is 38.5. The first-order chi connectivity index (χ1) is 12.1. The Morgan fingerprint density at radius 3 is 2.76 bits per heavy atom. The Bertz CT molecular complexity index is 683. The summed E-state index contributed by atoms with van der Waals surface area (Å²) in [6, 6.07) is 4.67. The lowest BCUT2D eigenvalue weighted by Crippen LogP contribution is -2.36. The van der Waals surface area contributed by atoms with Crippen molar-refractivity contribution in [3.8, 4) is 0 Å². The monoisotopic (exact) mass is 345 g/mol. The van der Waals surface area contributed by atoms with E-state index in [0.29, 0.717) is 29.8 Å². The highest BCUT2D eigenvalue weighted by molar-refractivity contribution is 6.22. The molecule has 1 atom stereocenters. The lowest BCUT2D eigenvalue weighted by Gasteiger charge is -2.17. The van der Waals surface area contributed by atoms with Crippen LogP contribution in [0.4, 0.5) is 0 Å². The largest absolute Gasteiger partial charge is 0.376 e. The van der Waals surface area contributed by atoms with Crippen molar-refractivity contribution in [2.24, 2.45) is 0 Å². The summed E-state index contributed by atoms with van der Waals surface area (Å²) in [5.74, 6) is -0.895. The fourth-order valence-electron chi connectivity index (χ4n) is 3.16. The number of imide groups is 1. The third kappa shape index (κ3) is 3.72. The first kappa shape index (κ1) is 17.6. The summed E-state index contributed by atoms with van der Waals surface area (Å²) in [5.41, 5.74) is 1.05. The number of carbonyl (C=O) groups is 3. The van der Waals surface area contributed by atoms with Crippen molar-refractivity contribution in [1.29, 1.82) is 0 Å². The molecule has 3 amide bonds. The molecule has 0 radical (unpaired) electrons. The van der Waals surface area contributed by atoms with Gasteiger partial charge in [0.05, 0.1) is 23.8 Å². The highest BCUT2D eigenvalue weighted by Gasteiger charge is 2.37. The minimum absolute atomic E-state index is 0.0860. The van der Waals surface area contributed by atoms with Gasteiger partial charge in [-0.2, -0.15) is 0 Å². The zero-order valence-electron chi connectivity index (χ0n) is 14.3. The Kier molecular flexibility index (Phi) is 5.45. The number of rotatable bonds is 7. The number of benzene rings is 1. The Balaban J connectivity index is 1.69. The lowest BCUT2D eigenvalue weighted by molar-refractivity contribution is 0.0475. The first-order valence-corrected chi connectivity index (χ1v) is 8.66. The highest BCUT2D eigenvalue weighted by atomic mass is 16.5. The standard InChI is InChI=1S/C18H23N3O4/c1-19-7-3-8-20-16(22)12-5-6-14-15(10-12)18(24)21(17(14)23)11-13-4-2-9-25-13/h5-6,10,13,19H,2-4,7-9,11H2,1H3,(H,20,22). The second kappa shape index (κ2) is 7.76. The van der Waals surface area contributed by atoms with Crippen LogP contribution in [0.15, 0.2) is 18.2 Å². The van der Waals surface area contributed by atoms with Gasteiger partial charge in [-0.3, -0.25) is 19.3 Å². The maximum Gasteiger partial charge on any atom is 0.261 e. The molecule has 0 saturated carbocycles. The molecule has 1 saturated heterocycles. The van der Waals surface area contributed by atoms with Crippen molar-refractivity contribution >= 4 is 17.7 Å². The highest BCUT2D eigenvalue weighted by Crippen LogP contribution is 2.26. The van der Waals surface area contributed by atoms with Gasteiger partial charge in [0.25, 0.3) is 17.7 Å². The number of ether oxygens (including phenoxy) is 1. The topological polar surface area (TPSA) is 87.7 Å². The maximum atomic E-state index is 12.6. The summed E-state index contributed by atoms with van der Waals surface area (Å²) < 4.78 is 5.52. The minimum atomic E-state index is -0.347. The molecule has 2 aliphatic rings. The molecule has 7 heteroatoms. The number of hydrogen-bond donors (Lipinski definition) is 2. The summed E-state index contributed by atoms with van der Waals surface area (Å²) in [6.07, 6.45) is 2.54. The smallest absolute Gasteiger partial charge is 0.261 e. The van der Waals surface area contributed by atoms with E-state index in [9.17, 15) is 14.4 Å². The molecule has 25 heavy (non-hydrogen) atoms. The zero-order valence-corrected chi connectivity index (χ0v) is 14.3. The van der Waals surface area contributed by atoms with Gasteiger partial charge in [0.15, 0.2) is 0 Å². The van der Waals surface area contributed by atoms with Gasteiger partial charge in [-0.25, -0.2) is 0 Å². The maximum absolute atomic E-state index is 12.6. The molecule has 2 aliphatic heterocycles. The predicted molar refractivity (Wildman–Crippen MR) is 91.7 cm³/mol. The van der Waals surface area contributed by atoms with Crippen LogP contribution in [0, 0.1) is 0 Å². The molecule has 0 bridgehead atoms. The molecule has 0 aromatic heterocycles. The van der Waals surface area contributed by atoms with Crippen molar-refractivity contribution in [2.45, 2.75) is 25.4 Å². The van der Waals surface area contributed by atoms with Crippen LogP contribution in [0.3, 0.4) is 0 Å². The number of fused-ring (bicyclic) bond motifs is 1. The third-order valence-corrected chi connectivity index (χ3v) is 4.53. The van der Waals surface area contributed by atoms with Crippen LogP contribution in [-0.2, 0) is 4.74 Å². The quantitative estimate of drug-likeness (QED) is 0.564. The van der Waals surface area contributed by atoms with Gasteiger partial charge in [-0.05, 0) is 51.1 Å². The van der Waals surface area contributed by atoms with Crippen molar-refractivity contribution in [3.05, 3.63) is 34.9 Å². The van der Waals surface area contributed by atoms with Gasteiger partial charge >= 0.3 is 0 Å². The average Bonchev–Trinajstić information content (AvgIpc) is 3.21. The molecule has 7 nitrogen and oxygen atoms in total. The van der Waals surface area contributed by atoms with Crippen molar-refractivity contribution in [1.82, 2.24) is 15.5 Å². The molecule has 134 valence electrons. The fraction of sp³-hybridized carbons (Fsp3) is 0.500. The second-order valence-electron chi connectivity index (χ2n) is 6.33. The summed E-state index contributed by atoms with van der Waals surface area (Å²) in [6.45, 7) is 2.31. The van der Waals surface area contributed by atoms with E-state index in [-0.39, 0.29) is 30.4 Å². The zero-order chi connectivity index (χ0) is 17.8.